The van der Waals surface area contributed by atoms with Crippen molar-refractivity contribution in [3.8, 4) is 0 Å². The molecule has 3 nitrogen and oxygen atoms in total. The van der Waals surface area contributed by atoms with E-state index in [0.29, 0.717) is 12.5 Å². The van der Waals surface area contributed by atoms with Gasteiger partial charge in [0.15, 0.2) is 0 Å². The Morgan fingerprint density at radius 1 is 1.71 bits per heavy atom. The van der Waals surface area contributed by atoms with Gasteiger partial charge in [0.05, 0.1) is 0 Å². The molecular formula is C13H19NO2S. The molecule has 1 aromatic rings. The zero-order valence-electron chi connectivity index (χ0n) is 10.1. The molecule has 0 aliphatic heterocycles. The van der Waals surface area contributed by atoms with E-state index in [-0.39, 0.29) is 0 Å². The molecule has 2 N–H and O–H groups in total. The van der Waals surface area contributed by atoms with E-state index in [0.717, 1.165) is 25.7 Å². The van der Waals surface area contributed by atoms with Crippen molar-refractivity contribution in [3.05, 3.63) is 22.4 Å². The molecule has 1 heterocycles. The van der Waals surface area contributed by atoms with Crippen molar-refractivity contribution in [3.63, 3.8) is 0 Å². The molecule has 0 radical (unpaired) electrons. The monoisotopic (exact) mass is 253 g/mol. The molecule has 0 aromatic carbocycles. The number of aliphatic carboxylic acids is 1. The van der Waals surface area contributed by atoms with Crippen LogP contribution in [0.3, 0.4) is 0 Å². The fourth-order valence-corrected chi connectivity index (χ4v) is 3.30. The van der Waals surface area contributed by atoms with Gasteiger partial charge in [-0.05, 0) is 30.2 Å². The van der Waals surface area contributed by atoms with Gasteiger partial charge in [0.2, 0.25) is 0 Å². The van der Waals surface area contributed by atoms with Crippen molar-refractivity contribution < 1.29 is 9.90 Å². The highest BCUT2D eigenvalue weighted by atomic mass is 32.1. The third-order valence-corrected chi connectivity index (χ3v) is 4.46. The summed E-state index contributed by atoms with van der Waals surface area (Å²) in [6.07, 6.45) is 3.65. The average Bonchev–Trinajstić information content (AvgIpc) is 2.79. The van der Waals surface area contributed by atoms with Crippen LogP contribution in [0.2, 0.25) is 0 Å². The predicted molar refractivity (Wildman–Crippen MR) is 69.2 cm³/mol. The Hall–Kier alpha value is -0.870. The summed E-state index contributed by atoms with van der Waals surface area (Å²) in [6, 6.07) is 4.04. The number of hydrogen-bond donors (Lipinski definition) is 2. The Balaban J connectivity index is 2.03. The summed E-state index contributed by atoms with van der Waals surface area (Å²) in [5, 5.41) is 14.8. The van der Waals surface area contributed by atoms with Gasteiger partial charge in [-0.3, -0.25) is 10.1 Å². The van der Waals surface area contributed by atoms with Crippen molar-refractivity contribution >= 4 is 17.3 Å². The normalized spacial score (nSPS) is 29.1. The van der Waals surface area contributed by atoms with Crippen molar-refractivity contribution in [2.75, 3.05) is 0 Å². The fraction of sp³-hybridized carbons (Fsp3) is 0.615. The summed E-state index contributed by atoms with van der Waals surface area (Å²) in [7, 11) is 0. The molecule has 1 aliphatic carbocycles. The summed E-state index contributed by atoms with van der Waals surface area (Å²) < 4.78 is 0. The second-order valence-electron chi connectivity index (χ2n) is 5.02. The summed E-state index contributed by atoms with van der Waals surface area (Å²) in [5.41, 5.74) is -0.707. The largest absolute Gasteiger partial charge is 0.480 e. The van der Waals surface area contributed by atoms with Crippen LogP contribution in [0, 0.1) is 5.92 Å². The van der Waals surface area contributed by atoms with Gasteiger partial charge in [0, 0.05) is 11.4 Å². The molecule has 94 valence electrons. The van der Waals surface area contributed by atoms with Gasteiger partial charge in [-0.25, -0.2) is 0 Å². The van der Waals surface area contributed by atoms with Crippen molar-refractivity contribution in [2.24, 2.45) is 5.92 Å². The standard InChI is InChI=1S/C13H19NO2S/c1-10-4-2-6-13(8-10,12(15)16)14-9-11-5-3-7-17-11/h3,5,7,10,14H,2,4,6,8-9H2,1H3,(H,15,16). The highest BCUT2D eigenvalue weighted by Crippen LogP contribution is 2.33. The highest BCUT2D eigenvalue weighted by molar-refractivity contribution is 7.09. The van der Waals surface area contributed by atoms with Gasteiger partial charge in [-0.2, -0.15) is 0 Å². The minimum Gasteiger partial charge on any atom is -0.480 e. The van der Waals surface area contributed by atoms with Gasteiger partial charge in [0.25, 0.3) is 0 Å². The molecule has 0 amide bonds. The van der Waals surface area contributed by atoms with Crippen LogP contribution in [0.15, 0.2) is 17.5 Å². The number of thiophene rings is 1. The molecule has 0 saturated heterocycles. The SMILES string of the molecule is CC1CCCC(NCc2cccs2)(C(=O)O)C1. The molecule has 1 saturated carbocycles. The maximum atomic E-state index is 11.5. The smallest absolute Gasteiger partial charge is 0.323 e. The first-order valence-corrected chi connectivity index (χ1v) is 7.01. The lowest BCUT2D eigenvalue weighted by molar-refractivity contribution is -0.147. The van der Waals surface area contributed by atoms with E-state index in [1.807, 2.05) is 17.5 Å². The summed E-state index contributed by atoms with van der Waals surface area (Å²) >= 11 is 1.67. The molecule has 1 aromatic heterocycles. The lowest BCUT2D eigenvalue weighted by atomic mass is 9.76. The molecule has 0 bridgehead atoms. The second-order valence-corrected chi connectivity index (χ2v) is 6.05. The van der Waals surface area contributed by atoms with Crippen LogP contribution in [0.1, 0.15) is 37.5 Å². The van der Waals surface area contributed by atoms with Gasteiger partial charge >= 0.3 is 5.97 Å². The zero-order valence-corrected chi connectivity index (χ0v) is 10.9. The van der Waals surface area contributed by atoms with Crippen LogP contribution in [-0.2, 0) is 11.3 Å². The zero-order chi connectivity index (χ0) is 12.3. The molecule has 2 unspecified atom stereocenters. The van der Waals surface area contributed by atoms with Crippen molar-refractivity contribution in [1.82, 2.24) is 5.32 Å². The van der Waals surface area contributed by atoms with Gasteiger partial charge in [-0.15, -0.1) is 11.3 Å². The van der Waals surface area contributed by atoms with Crippen LogP contribution in [-0.4, -0.2) is 16.6 Å². The number of hydrogen-bond acceptors (Lipinski definition) is 3. The van der Waals surface area contributed by atoms with E-state index in [1.165, 1.54) is 4.88 Å². The third kappa shape index (κ3) is 2.87. The van der Waals surface area contributed by atoms with Gasteiger partial charge < -0.3 is 5.11 Å². The van der Waals surface area contributed by atoms with Gasteiger partial charge in [-0.1, -0.05) is 25.8 Å². The first kappa shape index (κ1) is 12.6. The minimum absolute atomic E-state index is 0.496. The van der Waals surface area contributed by atoms with Crippen LogP contribution < -0.4 is 5.32 Å². The van der Waals surface area contributed by atoms with E-state index < -0.39 is 11.5 Å². The lowest BCUT2D eigenvalue weighted by Gasteiger charge is -2.37. The fourth-order valence-electron chi connectivity index (χ4n) is 2.65. The number of carboxylic acid groups (broad SMARTS) is 1. The number of carbonyl (C=O) groups is 1. The van der Waals surface area contributed by atoms with E-state index in [1.54, 1.807) is 11.3 Å². The van der Waals surface area contributed by atoms with E-state index in [9.17, 15) is 9.90 Å². The Labute approximate surface area is 106 Å². The maximum Gasteiger partial charge on any atom is 0.323 e. The topological polar surface area (TPSA) is 49.3 Å². The van der Waals surface area contributed by atoms with Crippen LogP contribution >= 0.6 is 11.3 Å². The maximum absolute atomic E-state index is 11.5. The highest BCUT2D eigenvalue weighted by Gasteiger charge is 2.41. The molecule has 2 atom stereocenters. The summed E-state index contributed by atoms with van der Waals surface area (Å²) in [4.78, 5) is 12.7. The average molecular weight is 253 g/mol. The van der Waals surface area contributed by atoms with E-state index in [2.05, 4.69) is 12.2 Å². The molecule has 1 fully saturated rings. The van der Waals surface area contributed by atoms with Crippen LogP contribution in [0.5, 0.6) is 0 Å². The third-order valence-electron chi connectivity index (χ3n) is 3.59. The van der Waals surface area contributed by atoms with Crippen molar-refractivity contribution in [2.45, 2.75) is 44.7 Å². The van der Waals surface area contributed by atoms with Gasteiger partial charge in [0.1, 0.15) is 5.54 Å². The molecule has 17 heavy (non-hydrogen) atoms. The lowest BCUT2D eigenvalue weighted by Crippen LogP contribution is -2.54. The molecule has 4 heteroatoms. The number of rotatable bonds is 4. The minimum atomic E-state index is -0.707. The van der Waals surface area contributed by atoms with Crippen molar-refractivity contribution in [1.29, 1.82) is 0 Å². The van der Waals surface area contributed by atoms with E-state index >= 15 is 0 Å². The first-order valence-electron chi connectivity index (χ1n) is 6.13. The molecular weight excluding hydrogens is 234 g/mol. The van der Waals surface area contributed by atoms with E-state index in [4.69, 9.17) is 0 Å². The Morgan fingerprint density at radius 3 is 3.12 bits per heavy atom. The Morgan fingerprint density at radius 2 is 2.53 bits per heavy atom. The van der Waals surface area contributed by atoms with Crippen LogP contribution in [0.25, 0.3) is 0 Å². The predicted octanol–water partition coefficient (Wildman–Crippen LogP) is 2.87. The first-order chi connectivity index (χ1) is 8.12. The Bertz CT molecular complexity index is 377. The summed E-state index contributed by atoms with van der Waals surface area (Å²) in [5.74, 6) is -0.198. The molecule has 0 spiro atoms. The molecule has 1 aliphatic rings. The van der Waals surface area contributed by atoms with Crippen LogP contribution in [0.4, 0.5) is 0 Å². The molecule has 2 rings (SSSR count). The second kappa shape index (κ2) is 5.19. The number of carboxylic acids is 1. The number of nitrogens with one attached hydrogen (secondary N) is 1. The summed E-state index contributed by atoms with van der Waals surface area (Å²) in [6.45, 7) is 2.81. The Kier molecular flexibility index (Phi) is 3.84. The quantitative estimate of drug-likeness (QED) is 0.867.